The fourth-order valence-corrected chi connectivity index (χ4v) is 3.51. The average Bonchev–Trinajstić information content (AvgIpc) is 3.00. The number of benzene rings is 3. The Morgan fingerprint density at radius 2 is 1.58 bits per heavy atom. The predicted molar refractivity (Wildman–Crippen MR) is 104 cm³/mol. The fourth-order valence-electron chi connectivity index (χ4n) is 3.51. The Morgan fingerprint density at radius 3 is 2.27 bits per heavy atom. The van der Waals surface area contributed by atoms with Crippen LogP contribution < -0.4 is 0 Å². The first-order chi connectivity index (χ1) is 12.6. The molecule has 0 fully saturated rings. The number of carbonyl (C=O) groups is 1. The van der Waals surface area contributed by atoms with Crippen LogP contribution in [0.4, 0.5) is 0 Å². The highest BCUT2D eigenvalue weighted by atomic mass is 16.1. The summed E-state index contributed by atoms with van der Waals surface area (Å²) in [7, 11) is 0. The number of Topliss-reactive ketones (excluding diaryl/α,β-unsaturated/α-hetero) is 1. The molecule has 3 heteroatoms. The number of amidine groups is 1. The van der Waals surface area contributed by atoms with Crippen molar-refractivity contribution in [3.8, 4) is 0 Å². The van der Waals surface area contributed by atoms with Crippen LogP contribution in [-0.4, -0.2) is 16.5 Å². The van der Waals surface area contributed by atoms with Crippen molar-refractivity contribution in [2.75, 3.05) is 0 Å². The van der Waals surface area contributed by atoms with Crippen LogP contribution >= 0.6 is 0 Å². The number of aryl methyl sites for hydroxylation is 1. The number of nitrogens with zero attached hydrogens (tertiary/aromatic N) is 1. The van der Waals surface area contributed by atoms with Crippen LogP contribution in [0.3, 0.4) is 0 Å². The van der Waals surface area contributed by atoms with Crippen molar-refractivity contribution >= 4 is 11.6 Å². The monoisotopic (exact) mass is 340 g/mol. The summed E-state index contributed by atoms with van der Waals surface area (Å²) >= 11 is 0. The van der Waals surface area contributed by atoms with E-state index in [9.17, 15) is 4.79 Å². The van der Waals surface area contributed by atoms with Gasteiger partial charge in [-0.1, -0.05) is 84.4 Å². The summed E-state index contributed by atoms with van der Waals surface area (Å²) in [5, 5.41) is 8.63. The Bertz CT molecular complexity index is 961. The molecule has 0 amide bonds. The van der Waals surface area contributed by atoms with Crippen molar-refractivity contribution in [3.63, 3.8) is 0 Å². The van der Waals surface area contributed by atoms with Crippen molar-refractivity contribution < 1.29 is 4.79 Å². The van der Waals surface area contributed by atoms with E-state index in [0.29, 0.717) is 17.9 Å². The largest absolute Gasteiger partial charge is 0.338 e. The second kappa shape index (κ2) is 6.60. The normalized spacial score (nSPS) is 14.2. The third kappa shape index (κ3) is 2.82. The lowest BCUT2D eigenvalue weighted by molar-refractivity contribution is 0.0886. The van der Waals surface area contributed by atoms with Gasteiger partial charge in [0.1, 0.15) is 11.9 Å². The third-order valence-corrected chi connectivity index (χ3v) is 4.91. The Balaban J connectivity index is 1.77. The molecule has 1 atom stereocenters. The molecule has 0 saturated heterocycles. The van der Waals surface area contributed by atoms with Gasteiger partial charge in [0.25, 0.3) is 0 Å². The second-order valence-electron chi connectivity index (χ2n) is 6.68. The smallest absolute Gasteiger partial charge is 0.189 e. The molecule has 3 nitrogen and oxygen atoms in total. The van der Waals surface area contributed by atoms with Gasteiger partial charge in [-0.15, -0.1) is 0 Å². The molecule has 1 aliphatic heterocycles. The van der Waals surface area contributed by atoms with E-state index in [1.54, 1.807) is 0 Å². The van der Waals surface area contributed by atoms with E-state index < -0.39 is 6.04 Å². The average molecular weight is 340 g/mol. The van der Waals surface area contributed by atoms with Crippen molar-refractivity contribution in [2.24, 2.45) is 0 Å². The zero-order valence-corrected chi connectivity index (χ0v) is 14.6. The number of rotatable bonds is 4. The van der Waals surface area contributed by atoms with Crippen molar-refractivity contribution in [2.45, 2.75) is 19.5 Å². The van der Waals surface area contributed by atoms with Crippen molar-refractivity contribution in [3.05, 3.63) is 107 Å². The van der Waals surface area contributed by atoms with Crippen molar-refractivity contribution in [1.29, 1.82) is 5.41 Å². The van der Waals surface area contributed by atoms with Gasteiger partial charge in [0, 0.05) is 17.7 Å². The molecule has 1 aliphatic rings. The molecule has 0 bridgehead atoms. The van der Waals surface area contributed by atoms with Crippen LogP contribution in [0.5, 0.6) is 0 Å². The van der Waals surface area contributed by atoms with Crippen LogP contribution in [0.25, 0.3) is 0 Å². The topological polar surface area (TPSA) is 44.2 Å². The Hall–Kier alpha value is -3.20. The highest BCUT2D eigenvalue weighted by molar-refractivity contribution is 6.07. The molecule has 0 radical (unpaired) electrons. The maximum atomic E-state index is 13.4. The molecule has 3 aromatic carbocycles. The summed E-state index contributed by atoms with van der Waals surface area (Å²) < 4.78 is 0. The summed E-state index contributed by atoms with van der Waals surface area (Å²) in [5.74, 6) is 0.434. The van der Waals surface area contributed by atoms with E-state index >= 15 is 0 Å². The van der Waals surface area contributed by atoms with Crippen LogP contribution in [0, 0.1) is 12.3 Å². The Labute approximate surface area is 153 Å². The lowest BCUT2D eigenvalue weighted by atomic mass is 9.95. The Kier molecular flexibility index (Phi) is 4.13. The van der Waals surface area contributed by atoms with Crippen LogP contribution in [0.2, 0.25) is 0 Å². The molecular formula is C23H20N2O. The second-order valence-corrected chi connectivity index (χ2v) is 6.68. The van der Waals surface area contributed by atoms with Gasteiger partial charge in [0.15, 0.2) is 5.78 Å². The molecule has 0 aliphatic carbocycles. The minimum absolute atomic E-state index is 0.0220. The molecule has 0 unspecified atom stereocenters. The maximum Gasteiger partial charge on any atom is 0.189 e. The first-order valence-corrected chi connectivity index (χ1v) is 8.74. The highest BCUT2D eigenvalue weighted by Gasteiger charge is 2.35. The summed E-state index contributed by atoms with van der Waals surface area (Å²) in [5.41, 5.74) is 4.71. The van der Waals surface area contributed by atoms with Gasteiger partial charge in [-0.25, -0.2) is 0 Å². The molecule has 1 N–H and O–H groups in total. The lowest BCUT2D eigenvalue weighted by Crippen LogP contribution is -2.34. The molecule has 4 rings (SSSR count). The van der Waals surface area contributed by atoms with Crippen LogP contribution in [-0.2, 0) is 6.54 Å². The van der Waals surface area contributed by atoms with Gasteiger partial charge >= 0.3 is 0 Å². The molecule has 0 spiro atoms. The van der Waals surface area contributed by atoms with Gasteiger partial charge in [-0.3, -0.25) is 10.2 Å². The van der Waals surface area contributed by atoms with Gasteiger partial charge in [-0.05, 0) is 18.1 Å². The maximum absolute atomic E-state index is 13.4. The standard InChI is InChI=1S/C23H20N2O/c1-16-11-13-18(14-12-16)22(26)21(17-7-3-2-4-8-17)25-15-19-9-5-6-10-20(19)23(25)24/h2-14,21,24H,15H2,1H3/t21-/m1/s1. The summed E-state index contributed by atoms with van der Waals surface area (Å²) in [6.45, 7) is 2.59. The zero-order valence-electron chi connectivity index (χ0n) is 14.6. The van der Waals surface area contributed by atoms with E-state index in [4.69, 9.17) is 5.41 Å². The summed E-state index contributed by atoms with van der Waals surface area (Å²) in [4.78, 5) is 15.3. The number of hydrogen-bond acceptors (Lipinski definition) is 2. The van der Waals surface area contributed by atoms with E-state index in [0.717, 1.165) is 22.3 Å². The molecule has 3 aromatic rings. The SMILES string of the molecule is Cc1ccc(C(=O)[C@@H](c2ccccc2)N2Cc3ccccc3C2=N)cc1. The molecule has 1 heterocycles. The van der Waals surface area contributed by atoms with E-state index in [2.05, 4.69) is 0 Å². The number of carbonyl (C=O) groups excluding carboxylic acids is 1. The van der Waals surface area contributed by atoms with Crippen molar-refractivity contribution in [1.82, 2.24) is 4.90 Å². The number of hydrogen-bond donors (Lipinski definition) is 1. The number of ketones is 1. The number of nitrogens with one attached hydrogen (secondary N) is 1. The van der Waals surface area contributed by atoms with Crippen LogP contribution in [0.15, 0.2) is 78.9 Å². The minimum Gasteiger partial charge on any atom is -0.338 e. The number of fused-ring (bicyclic) bond motifs is 1. The van der Waals surface area contributed by atoms with Gasteiger partial charge in [-0.2, -0.15) is 0 Å². The quantitative estimate of drug-likeness (QED) is 0.696. The molecular weight excluding hydrogens is 320 g/mol. The highest BCUT2D eigenvalue weighted by Crippen LogP contribution is 2.33. The van der Waals surface area contributed by atoms with E-state index in [1.165, 1.54) is 0 Å². The molecule has 0 aromatic heterocycles. The molecule has 26 heavy (non-hydrogen) atoms. The molecule has 0 saturated carbocycles. The van der Waals surface area contributed by atoms with Gasteiger partial charge in [0.05, 0.1) is 0 Å². The zero-order chi connectivity index (χ0) is 18.1. The lowest BCUT2D eigenvalue weighted by Gasteiger charge is -2.29. The van der Waals surface area contributed by atoms with Crippen LogP contribution in [0.1, 0.15) is 38.7 Å². The first-order valence-electron chi connectivity index (χ1n) is 8.74. The molecule has 128 valence electrons. The van der Waals surface area contributed by atoms with E-state index in [1.807, 2.05) is 90.7 Å². The van der Waals surface area contributed by atoms with E-state index in [-0.39, 0.29) is 5.78 Å². The van der Waals surface area contributed by atoms with Gasteiger partial charge in [0.2, 0.25) is 0 Å². The Morgan fingerprint density at radius 1 is 0.923 bits per heavy atom. The third-order valence-electron chi connectivity index (χ3n) is 4.91. The minimum atomic E-state index is -0.501. The van der Waals surface area contributed by atoms with Gasteiger partial charge < -0.3 is 4.90 Å². The first kappa shape index (κ1) is 16.3. The summed E-state index contributed by atoms with van der Waals surface area (Å²) in [6.07, 6.45) is 0. The summed E-state index contributed by atoms with van der Waals surface area (Å²) in [6, 6.07) is 24.8. The predicted octanol–water partition coefficient (Wildman–Crippen LogP) is 4.76. The fraction of sp³-hybridized carbons (Fsp3) is 0.130.